The molecule has 0 bridgehead atoms. The van der Waals surface area contributed by atoms with Crippen LogP contribution in [-0.2, 0) is 4.79 Å². The van der Waals surface area contributed by atoms with Crippen molar-refractivity contribution < 1.29 is 14.3 Å². The lowest BCUT2D eigenvalue weighted by Crippen LogP contribution is -2.37. The van der Waals surface area contributed by atoms with E-state index in [4.69, 9.17) is 9.47 Å². The summed E-state index contributed by atoms with van der Waals surface area (Å²) in [6.07, 6.45) is 0.995. The number of rotatable bonds is 5. The molecule has 0 aromatic heterocycles. The van der Waals surface area contributed by atoms with Crippen LogP contribution in [0.15, 0.2) is 24.3 Å². The van der Waals surface area contributed by atoms with Crippen molar-refractivity contribution in [2.75, 3.05) is 39.4 Å². The molecule has 0 aliphatic carbocycles. The van der Waals surface area contributed by atoms with Crippen molar-refractivity contribution in [3.8, 4) is 11.5 Å². The molecule has 1 N–H and O–H groups in total. The molecule has 0 atom stereocenters. The van der Waals surface area contributed by atoms with Gasteiger partial charge in [-0.15, -0.1) is 0 Å². The zero-order valence-corrected chi connectivity index (χ0v) is 11.9. The molecule has 1 amide bonds. The summed E-state index contributed by atoms with van der Waals surface area (Å²) in [5, 5.41) is 3.28. The number of nitrogens with zero attached hydrogens (tertiary/aromatic N) is 1. The van der Waals surface area contributed by atoms with Crippen LogP contribution in [-0.4, -0.2) is 50.2 Å². The zero-order chi connectivity index (χ0) is 14.2. The van der Waals surface area contributed by atoms with Gasteiger partial charge in [-0.1, -0.05) is 0 Å². The molecule has 2 rings (SSSR count). The predicted octanol–water partition coefficient (Wildman–Crippen LogP) is 1.29. The van der Waals surface area contributed by atoms with Crippen LogP contribution in [0.25, 0.3) is 0 Å². The number of amides is 1. The Bertz CT molecular complexity index is 412. The molecule has 1 aliphatic heterocycles. The van der Waals surface area contributed by atoms with E-state index in [2.05, 4.69) is 5.32 Å². The maximum atomic E-state index is 12.0. The van der Waals surface area contributed by atoms with E-state index in [-0.39, 0.29) is 12.5 Å². The van der Waals surface area contributed by atoms with E-state index < -0.39 is 0 Å². The van der Waals surface area contributed by atoms with Crippen molar-refractivity contribution in [3.63, 3.8) is 0 Å². The fourth-order valence-corrected chi connectivity index (χ4v) is 2.13. The summed E-state index contributed by atoms with van der Waals surface area (Å²) in [5.41, 5.74) is 0. The van der Waals surface area contributed by atoms with Crippen molar-refractivity contribution in [2.45, 2.75) is 13.3 Å². The van der Waals surface area contributed by atoms with E-state index in [1.165, 1.54) is 0 Å². The van der Waals surface area contributed by atoms with E-state index in [1.54, 1.807) is 0 Å². The van der Waals surface area contributed by atoms with E-state index in [9.17, 15) is 4.79 Å². The highest BCUT2D eigenvalue weighted by Gasteiger charge is 2.15. The maximum Gasteiger partial charge on any atom is 0.260 e. The minimum atomic E-state index is 0.0441. The summed E-state index contributed by atoms with van der Waals surface area (Å²) in [6.45, 7) is 6.07. The molecule has 1 heterocycles. The van der Waals surface area contributed by atoms with Gasteiger partial charge in [0.2, 0.25) is 0 Å². The van der Waals surface area contributed by atoms with Gasteiger partial charge in [-0.25, -0.2) is 0 Å². The van der Waals surface area contributed by atoms with Gasteiger partial charge in [-0.05, 0) is 44.2 Å². The van der Waals surface area contributed by atoms with Crippen LogP contribution in [0.2, 0.25) is 0 Å². The standard InChI is InChI=1S/C15H22N2O3/c1-2-19-13-4-6-14(7-5-13)20-12-15(18)17-10-3-8-16-9-11-17/h4-7,16H,2-3,8-12H2,1H3. The van der Waals surface area contributed by atoms with Crippen LogP contribution in [0.5, 0.6) is 11.5 Å². The summed E-state index contributed by atoms with van der Waals surface area (Å²) < 4.78 is 10.9. The Hall–Kier alpha value is -1.75. The number of carbonyl (C=O) groups excluding carboxylic acids is 1. The Morgan fingerprint density at radius 2 is 1.85 bits per heavy atom. The predicted molar refractivity (Wildman–Crippen MR) is 77.2 cm³/mol. The molecule has 1 aromatic carbocycles. The van der Waals surface area contributed by atoms with Crippen LogP contribution in [0, 0.1) is 0 Å². The maximum absolute atomic E-state index is 12.0. The molecule has 5 heteroatoms. The van der Waals surface area contributed by atoms with Crippen molar-refractivity contribution in [1.82, 2.24) is 10.2 Å². The third kappa shape index (κ3) is 4.42. The van der Waals surface area contributed by atoms with Gasteiger partial charge < -0.3 is 19.7 Å². The van der Waals surface area contributed by atoms with Crippen LogP contribution >= 0.6 is 0 Å². The first kappa shape index (κ1) is 14.7. The normalized spacial score (nSPS) is 15.6. The first-order chi connectivity index (χ1) is 9.79. The molecule has 0 radical (unpaired) electrons. The Kier molecular flexibility index (Phi) is 5.68. The van der Waals surface area contributed by atoms with Crippen LogP contribution in [0.1, 0.15) is 13.3 Å². The monoisotopic (exact) mass is 278 g/mol. The average Bonchev–Trinajstić information content (AvgIpc) is 2.76. The topological polar surface area (TPSA) is 50.8 Å². The van der Waals surface area contributed by atoms with Gasteiger partial charge >= 0.3 is 0 Å². The molecule has 5 nitrogen and oxygen atoms in total. The minimum Gasteiger partial charge on any atom is -0.494 e. The van der Waals surface area contributed by atoms with Gasteiger partial charge in [0.25, 0.3) is 5.91 Å². The molecule has 20 heavy (non-hydrogen) atoms. The largest absolute Gasteiger partial charge is 0.494 e. The second-order valence-corrected chi connectivity index (χ2v) is 4.68. The second-order valence-electron chi connectivity index (χ2n) is 4.68. The number of nitrogens with one attached hydrogen (secondary N) is 1. The number of hydrogen-bond acceptors (Lipinski definition) is 4. The lowest BCUT2D eigenvalue weighted by Gasteiger charge is -2.20. The summed E-state index contributed by atoms with van der Waals surface area (Å²) in [6, 6.07) is 7.34. The molecule has 1 aliphatic rings. The first-order valence-electron chi connectivity index (χ1n) is 7.13. The van der Waals surface area contributed by atoms with Crippen molar-refractivity contribution in [1.29, 1.82) is 0 Å². The molecule has 0 unspecified atom stereocenters. The van der Waals surface area contributed by atoms with Gasteiger partial charge in [-0.3, -0.25) is 4.79 Å². The van der Waals surface area contributed by atoms with Gasteiger partial charge in [0.15, 0.2) is 6.61 Å². The average molecular weight is 278 g/mol. The molecule has 1 fully saturated rings. The van der Waals surface area contributed by atoms with Crippen molar-refractivity contribution >= 4 is 5.91 Å². The second kappa shape index (κ2) is 7.75. The molecule has 1 aromatic rings. The Morgan fingerprint density at radius 1 is 1.15 bits per heavy atom. The summed E-state index contributed by atoms with van der Waals surface area (Å²) in [5.74, 6) is 1.54. The van der Waals surface area contributed by atoms with E-state index in [0.29, 0.717) is 12.4 Å². The summed E-state index contributed by atoms with van der Waals surface area (Å²) in [7, 11) is 0. The fraction of sp³-hybridized carbons (Fsp3) is 0.533. The third-order valence-corrected chi connectivity index (χ3v) is 3.19. The SMILES string of the molecule is CCOc1ccc(OCC(=O)N2CCCNCC2)cc1. The van der Waals surface area contributed by atoms with Crippen molar-refractivity contribution in [2.24, 2.45) is 0 Å². The first-order valence-corrected chi connectivity index (χ1v) is 7.13. The zero-order valence-electron chi connectivity index (χ0n) is 11.9. The molecule has 110 valence electrons. The molecule has 0 saturated carbocycles. The quantitative estimate of drug-likeness (QED) is 0.881. The van der Waals surface area contributed by atoms with Crippen LogP contribution in [0.4, 0.5) is 0 Å². The summed E-state index contributed by atoms with van der Waals surface area (Å²) >= 11 is 0. The lowest BCUT2D eigenvalue weighted by molar-refractivity contribution is -0.133. The summed E-state index contributed by atoms with van der Waals surface area (Å²) in [4.78, 5) is 13.9. The van der Waals surface area contributed by atoms with E-state index in [0.717, 1.165) is 38.3 Å². The Balaban J connectivity index is 1.80. The number of hydrogen-bond donors (Lipinski definition) is 1. The van der Waals surface area contributed by atoms with Gasteiger partial charge in [-0.2, -0.15) is 0 Å². The molecule has 1 saturated heterocycles. The Labute approximate surface area is 119 Å². The van der Waals surface area contributed by atoms with Gasteiger partial charge in [0.05, 0.1) is 6.61 Å². The minimum absolute atomic E-state index is 0.0441. The lowest BCUT2D eigenvalue weighted by atomic mass is 10.3. The third-order valence-electron chi connectivity index (χ3n) is 3.19. The molecular formula is C15H22N2O3. The van der Waals surface area contributed by atoms with Crippen molar-refractivity contribution in [3.05, 3.63) is 24.3 Å². The fourth-order valence-electron chi connectivity index (χ4n) is 2.13. The van der Waals surface area contributed by atoms with Crippen LogP contribution < -0.4 is 14.8 Å². The highest BCUT2D eigenvalue weighted by Crippen LogP contribution is 2.17. The van der Waals surface area contributed by atoms with Gasteiger partial charge in [0.1, 0.15) is 11.5 Å². The number of ether oxygens (including phenoxy) is 2. The Morgan fingerprint density at radius 3 is 2.55 bits per heavy atom. The highest BCUT2D eigenvalue weighted by molar-refractivity contribution is 5.77. The number of carbonyl (C=O) groups is 1. The molecule has 0 spiro atoms. The number of benzene rings is 1. The highest BCUT2D eigenvalue weighted by atomic mass is 16.5. The van der Waals surface area contributed by atoms with E-state index in [1.807, 2.05) is 36.1 Å². The smallest absolute Gasteiger partial charge is 0.260 e. The molecular weight excluding hydrogens is 256 g/mol. The van der Waals surface area contributed by atoms with Gasteiger partial charge in [0, 0.05) is 19.6 Å². The van der Waals surface area contributed by atoms with Crippen LogP contribution in [0.3, 0.4) is 0 Å². The van der Waals surface area contributed by atoms with E-state index >= 15 is 0 Å².